The first-order chi connectivity index (χ1) is 14.6. The number of rotatable bonds is 7. The molecule has 1 N–H and O–H groups in total. The molecule has 1 aromatic carbocycles. The molecule has 4 rings (SSSR count). The van der Waals surface area contributed by atoms with Gasteiger partial charge in [0.25, 0.3) is 0 Å². The van der Waals surface area contributed by atoms with E-state index in [0.717, 1.165) is 43.2 Å². The normalized spacial score (nSPS) is 14.1. The number of nitrogens with zero attached hydrogens (tertiary/aromatic N) is 4. The third-order valence-corrected chi connectivity index (χ3v) is 6.39. The number of benzene rings is 1. The maximum atomic E-state index is 12.5. The van der Waals surface area contributed by atoms with Gasteiger partial charge in [-0.05, 0) is 56.0 Å². The van der Waals surface area contributed by atoms with Crippen LogP contribution in [0.5, 0.6) is 0 Å². The van der Waals surface area contributed by atoms with Crippen LogP contribution in [-0.4, -0.2) is 39.5 Å². The number of piperidine rings is 1. The number of anilines is 2. The van der Waals surface area contributed by atoms with Crippen LogP contribution in [0.2, 0.25) is 5.02 Å². The van der Waals surface area contributed by atoms with Gasteiger partial charge in [-0.25, -0.2) is 0 Å². The Morgan fingerprint density at radius 2 is 2.07 bits per heavy atom. The molecule has 0 unspecified atom stereocenters. The molecule has 9 heteroatoms. The summed E-state index contributed by atoms with van der Waals surface area (Å²) in [5, 5.41) is 13.0. The van der Waals surface area contributed by atoms with Crippen LogP contribution in [0.4, 0.5) is 11.6 Å². The molecule has 1 saturated heterocycles. The fourth-order valence-corrected chi connectivity index (χ4v) is 4.32. The van der Waals surface area contributed by atoms with Crippen molar-refractivity contribution in [3.8, 4) is 0 Å². The Balaban J connectivity index is 1.46. The number of furan rings is 1. The highest BCUT2D eigenvalue weighted by Gasteiger charge is 2.21. The lowest BCUT2D eigenvalue weighted by molar-refractivity contribution is -0.113. The van der Waals surface area contributed by atoms with Crippen molar-refractivity contribution in [2.45, 2.75) is 37.9 Å². The Kier molecular flexibility index (Phi) is 6.64. The van der Waals surface area contributed by atoms with E-state index in [1.165, 1.54) is 18.2 Å². The molecule has 0 atom stereocenters. The van der Waals surface area contributed by atoms with E-state index in [4.69, 9.17) is 16.0 Å². The number of aromatic nitrogens is 3. The van der Waals surface area contributed by atoms with Gasteiger partial charge in [0.1, 0.15) is 5.76 Å². The van der Waals surface area contributed by atoms with E-state index in [1.807, 2.05) is 35.8 Å². The van der Waals surface area contributed by atoms with Crippen LogP contribution in [0.15, 0.2) is 46.2 Å². The summed E-state index contributed by atoms with van der Waals surface area (Å²) >= 11 is 7.51. The Morgan fingerprint density at radius 3 is 2.80 bits per heavy atom. The predicted octanol–water partition coefficient (Wildman–Crippen LogP) is 4.60. The summed E-state index contributed by atoms with van der Waals surface area (Å²) < 4.78 is 7.57. The topological polar surface area (TPSA) is 76.2 Å². The lowest BCUT2D eigenvalue weighted by Crippen LogP contribution is -2.32. The summed E-state index contributed by atoms with van der Waals surface area (Å²) in [6.45, 7) is 4.39. The maximum absolute atomic E-state index is 12.5. The van der Waals surface area contributed by atoms with Crippen LogP contribution in [0.25, 0.3) is 0 Å². The minimum absolute atomic E-state index is 0.119. The number of halogens is 1. The van der Waals surface area contributed by atoms with E-state index in [9.17, 15) is 4.79 Å². The summed E-state index contributed by atoms with van der Waals surface area (Å²) in [7, 11) is 0. The molecule has 1 fully saturated rings. The molecule has 0 spiro atoms. The zero-order valence-electron chi connectivity index (χ0n) is 16.8. The summed E-state index contributed by atoms with van der Waals surface area (Å²) in [6.07, 6.45) is 5.20. The number of hydrogen-bond donors (Lipinski definition) is 1. The van der Waals surface area contributed by atoms with E-state index in [0.29, 0.717) is 22.4 Å². The van der Waals surface area contributed by atoms with Crippen molar-refractivity contribution in [3.05, 3.63) is 52.9 Å². The largest absolute Gasteiger partial charge is 0.467 e. The standard InChI is InChI=1S/C21H24ClN5O2S/c1-15-7-8-16(12-18(15)22)23-19(28)14-30-21-25-24-20(26-9-3-2-4-10-26)27(21)13-17-6-5-11-29-17/h5-8,11-12H,2-4,9-10,13-14H2,1H3,(H,23,28). The van der Waals surface area contributed by atoms with E-state index in [1.54, 1.807) is 12.3 Å². The molecule has 0 radical (unpaired) electrons. The maximum Gasteiger partial charge on any atom is 0.234 e. The fraction of sp³-hybridized carbons (Fsp3) is 0.381. The van der Waals surface area contributed by atoms with Gasteiger partial charge >= 0.3 is 0 Å². The van der Waals surface area contributed by atoms with Crippen LogP contribution in [0, 0.1) is 6.92 Å². The number of amides is 1. The quantitative estimate of drug-likeness (QED) is 0.535. The zero-order valence-corrected chi connectivity index (χ0v) is 18.4. The molecule has 30 heavy (non-hydrogen) atoms. The summed E-state index contributed by atoms with van der Waals surface area (Å²) in [6, 6.07) is 9.29. The van der Waals surface area contributed by atoms with E-state index >= 15 is 0 Å². The molecule has 1 aliphatic heterocycles. The first-order valence-electron chi connectivity index (χ1n) is 9.99. The molecule has 3 aromatic rings. The van der Waals surface area contributed by atoms with Gasteiger partial charge in [-0.2, -0.15) is 0 Å². The minimum atomic E-state index is -0.119. The van der Waals surface area contributed by atoms with Crippen molar-refractivity contribution in [2.24, 2.45) is 0 Å². The number of hydrogen-bond acceptors (Lipinski definition) is 6. The van der Waals surface area contributed by atoms with Gasteiger partial charge < -0.3 is 14.6 Å². The smallest absolute Gasteiger partial charge is 0.234 e. The van der Waals surface area contributed by atoms with Crippen molar-refractivity contribution >= 4 is 40.9 Å². The Bertz CT molecular complexity index is 999. The molecule has 0 saturated carbocycles. The van der Waals surface area contributed by atoms with Crippen molar-refractivity contribution in [1.29, 1.82) is 0 Å². The molecular formula is C21H24ClN5O2S. The second-order valence-corrected chi connectivity index (χ2v) is 8.65. The second kappa shape index (κ2) is 9.57. The van der Waals surface area contributed by atoms with Crippen LogP contribution in [0.1, 0.15) is 30.6 Å². The molecule has 0 bridgehead atoms. The van der Waals surface area contributed by atoms with E-state index in [2.05, 4.69) is 20.4 Å². The van der Waals surface area contributed by atoms with E-state index in [-0.39, 0.29) is 11.7 Å². The number of carbonyl (C=O) groups excluding carboxylic acids is 1. The highest BCUT2D eigenvalue weighted by atomic mass is 35.5. The van der Waals surface area contributed by atoms with Crippen LogP contribution >= 0.6 is 23.4 Å². The monoisotopic (exact) mass is 445 g/mol. The summed E-state index contributed by atoms with van der Waals surface area (Å²) in [4.78, 5) is 14.7. The van der Waals surface area contributed by atoms with Gasteiger partial charge in [-0.3, -0.25) is 9.36 Å². The van der Waals surface area contributed by atoms with Gasteiger partial charge in [0, 0.05) is 23.8 Å². The Labute approximate surface area is 184 Å². The van der Waals surface area contributed by atoms with Crippen molar-refractivity contribution in [1.82, 2.24) is 14.8 Å². The first-order valence-corrected chi connectivity index (χ1v) is 11.4. The summed E-state index contributed by atoms with van der Waals surface area (Å²) in [5.41, 5.74) is 1.66. The number of aryl methyl sites for hydroxylation is 1. The van der Waals surface area contributed by atoms with Crippen LogP contribution < -0.4 is 10.2 Å². The number of thioether (sulfide) groups is 1. The molecule has 2 aromatic heterocycles. The zero-order chi connectivity index (χ0) is 20.9. The molecule has 7 nitrogen and oxygen atoms in total. The van der Waals surface area contributed by atoms with E-state index < -0.39 is 0 Å². The van der Waals surface area contributed by atoms with Crippen LogP contribution in [0.3, 0.4) is 0 Å². The van der Waals surface area contributed by atoms with Crippen molar-refractivity contribution in [2.75, 3.05) is 29.1 Å². The Morgan fingerprint density at radius 1 is 1.23 bits per heavy atom. The predicted molar refractivity (Wildman–Crippen MR) is 119 cm³/mol. The van der Waals surface area contributed by atoms with Gasteiger partial charge in [-0.1, -0.05) is 29.4 Å². The van der Waals surface area contributed by atoms with Gasteiger partial charge in [0.2, 0.25) is 11.9 Å². The molecular weight excluding hydrogens is 422 g/mol. The minimum Gasteiger partial charge on any atom is -0.467 e. The molecule has 1 amide bonds. The summed E-state index contributed by atoms with van der Waals surface area (Å²) in [5.74, 6) is 1.77. The van der Waals surface area contributed by atoms with Crippen molar-refractivity contribution < 1.29 is 9.21 Å². The average molecular weight is 446 g/mol. The molecule has 0 aliphatic carbocycles. The molecule has 158 valence electrons. The molecule has 3 heterocycles. The van der Waals surface area contributed by atoms with Gasteiger partial charge in [-0.15, -0.1) is 10.2 Å². The third-order valence-electron chi connectivity index (χ3n) is 5.02. The van der Waals surface area contributed by atoms with Gasteiger partial charge in [0.05, 0.1) is 18.6 Å². The fourth-order valence-electron chi connectivity index (χ4n) is 3.41. The Hall–Kier alpha value is -2.45. The van der Waals surface area contributed by atoms with Crippen LogP contribution in [-0.2, 0) is 11.3 Å². The highest BCUT2D eigenvalue weighted by molar-refractivity contribution is 7.99. The first kappa shape index (κ1) is 20.8. The lowest BCUT2D eigenvalue weighted by Gasteiger charge is -2.27. The number of nitrogens with one attached hydrogen (secondary N) is 1. The third kappa shape index (κ3) is 4.99. The lowest BCUT2D eigenvalue weighted by atomic mass is 10.1. The SMILES string of the molecule is Cc1ccc(NC(=O)CSc2nnc(N3CCCCC3)n2Cc2ccco2)cc1Cl. The average Bonchev–Trinajstić information content (AvgIpc) is 3.40. The number of carbonyl (C=O) groups is 1. The van der Waals surface area contributed by atoms with Crippen molar-refractivity contribution in [3.63, 3.8) is 0 Å². The highest BCUT2D eigenvalue weighted by Crippen LogP contribution is 2.26. The second-order valence-electron chi connectivity index (χ2n) is 7.30. The van der Waals surface area contributed by atoms with Gasteiger partial charge in [0.15, 0.2) is 5.16 Å². The molecule has 1 aliphatic rings.